The number of aromatic nitrogens is 3. The van der Waals surface area contributed by atoms with E-state index in [1.54, 1.807) is 28.9 Å². The summed E-state index contributed by atoms with van der Waals surface area (Å²) in [5, 5.41) is 8.20. The molecule has 0 amide bonds. The lowest BCUT2D eigenvalue weighted by molar-refractivity contribution is -0.0506. The minimum atomic E-state index is -2.88. The molecule has 0 aliphatic carbocycles. The van der Waals surface area contributed by atoms with E-state index in [0.29, 0.717) is 23.0 Å². The molecule has 0 saturated heterocycles. The van der Waals surface area contributed by atoms with Crippen molar-refractivity contribution in [2.75, 3.05) is 5.32 Å². The number of benzene rings is 2. The van der Waals surface area contributed by atoms with Crippen molar-refractivity contribution >= 4 is 17.5 Å². The first-order valence-corrected chi connectivity index (χ1v) is 8.45. The van der Waals surface area contributed by atoms with E-state index in [4.69, 9.17) is 16.3 Å². The molecule has 2 atom stereocenters. The van der Waals surface area contributed by atoms with Gasteiger partial charge < -0.3 is 10.1 Å². The first kappa shape index (κ1) is 16.8. The molecule has 4 rings (SSSR count). The number of nitrogens with zero attached hydrogens (tertiary/aromatic N) is 3. The number of nitrogens with one attached hydrogen (secondary N) is 1. The molecule has 3 aromatic rings. The van der Waals surface area contributed by atoms with Crippen molar-refractivity contribution in [2.45, 2.75) is 25.1 Å². The normalized spacial score (nSPS) is 19.1. The van der Waals surface area contributed by atoms with E-state index >= 15 is 0 Å². The van der Waals surface area contributed by atoms with Gasteiger partial charge >= 0.3 is 6.61 Å². The second-order valence-corrected chi connectivity index (χ2v) is 6.38. The molecule has 0 spiro atoms. The third kappa shape index (κ3) is 3.22. The van der Waals surface area contributed by atoms with Gasteiger partial charge in [-0.15, -0.1) is 0 Å². The smallest absolute Gasteiger partial charge is 0.387 e. The number of fused-ring (bicyclic) bond motifs is 1. The predicted octanol–water partition coefficient (Wildman–Crippen LogP) is 4.68. The van der Waals surface area contributed by atoms with Gasteiger partial charge in [-0.25, -0.2) is 4.68 Å². The zero-order valence-corrected chi connectivity index (χ0v) is 14.3. The van der Waals surface area contributed by atoms with Gasteiger partial charge in [0.1, 0.15) is 12.1 Å². The average Bonchev–Trinajstić information content (AvgIpc) is 3.10. The number of hydrogen-bond acceptors (Lipinski definition) is 4. The molecule has 0 bridgehead atoms. The van der Waals surface area contributed by atoms with E-state index in [9.17, 15) is 8.78 Å². The van der Waals surface area contributed by atoms with Crippen molar-refractivity contribution in [3.63, 3.8) is 0 Å². The molecule has 0 radical (unpaired) electrons. The monoisotopic (exact) mass is 376 g/mol. The molecule has 0 saturated carbocycles. The highest BCUT2D eigenvalue weighted by Gasteiger charge is 2.31. The fourth-order valence-electron chi connectivity index (χ4n) is 3.26. The standard InChI is InChI=1S/C18H15ClF2N4O/c19-12-7-5-11(6-8-12)15-9-14(24-18-22-10-23-25(15)18)13-3-1-2-4-16(13)26-17(20)21/h1-8,10,14-15,17H,9H2,(H,22,23,24)/t14-,15+/m1/s1. The highest BCUT2D eigenvalue weighted by molar-refractivity contribution is 6.30. The number of rotatable bonds is 4. The second-order valence-electron chi connectivity index (χ2n) is 5.94. The van der Waals surface area contributed by atoms with Gasteiger partial charge in [0.2, 0.25) is 5.95 Å². The van der Waals surface area contributed by atoms with Gasteiger partial charge in [0.15, 0.2) is 0 Å². The van der Waals surface area contributed by atoms with Crippen LogP contribution in [0.15, 0.2) is 54.9 Å². The van der Waals surface area contributed by atoms with Crippen molar-refractivity contribution in [3.8, 4) is 5.75 Å². The highest BCUT2D eigenvalue weighted by atomic mass is 35.5. The third-order valence-corrected chi connectivity index (χ3v) is 4.65. The Morgan fingerprint density at radius 1 is 1.15 bits per heavy atom. The fourth-order valence-corrected chi connectivity index (χ4v) is 3.38. The maximum Gasteiger partial charge on any atom is 0.387 e. The fraction of sp³-hybridized carbons (Fsp3) is 0.222. The second kappa shape index (κ2) is 6.92. The van der Waals surface area contributed by atoms with Crippen LogP contribution in [0.2, 0.25) is 5.02 Å². The van der Waals surface area contributed by atoms with Crippen molar-refractivity contribution in [1.82, 2.24) is 14.8 Å². The molecule has 1 aliphatic rings. The summed E-state index contributed by atoms with van der Waals surface area (Å²) in [7, 11) is 0. The molecule has 0 unspecified atom stereocenters. The van der Waals surface area contributed by atoms with E-state index < -0.39 is 6.61 Å². The van der Waals surface area contributed by atoms with Gasteiger partial charge in [-0.3, -0.25) is 0 Å². The van der Waals surface area contributed by atoms with Crippen LogP contribution >= 0.6 is 11.6 Å². The maximum atomic E-state index is 12.8. The van der Waals surface area contributed by atoms with E-state index in [1.807, 2.05) is 24.3 Å². The molecular weight excluding hydrogens is 362 g/mol. The zero-order valence-electron chi connectivity index (χ0n) is 13.5. The molecular formula is C18H15ClF2N4O. The van der Waals surface area contributed by atoms with Crippen molar-refractivity contribution in [3.05, 3.63) is 71.0 Å². The quantitative estimate of drug-likeness (QED) is 0.718. The molecule has 1 N–H and O–H groups in total. The Kier molecular flexibility index (Phi) is 4.46. The van der Waals surface area contributed by atoms with Gasteiger partial charge in [-0.2, -0.15) is 18.9 Å². The number of alkyl halides is 2. The zero-order chi connectivity index (χ0) is 18.1. The Hall–Kier alpha value is -2.67. The minimum Gasteiger partial charge on any atom is -0.434 e. The van der Waals surface area contributed by atoms with Crippen LogP contribution in [0.1, 0.15) is 29.6 Å². The predicted molar refractivity (Wildman–Crippen MR) is 93.7 cm³/mol. The molecule has 1 aliphatic heterocycles. The largest absolute Gasteiger partial charge is 0.434 e. The molecule has 134 valence electrons. The minimum absolute atomic E-state index is 0.101. The van der Waals surface area contributed by atoms with Crippen LogP contribution < -0.4 is 10.1 Å². The molecule has 2 heterocycles. The summed E-state index contributed by atoms with van der Waals surface area (Å²) in [6, 6.07) is 13.9. The lowest BCUT2D eigenvalue weighted by atomic mass is 9.93. The number of anilines is 1. The van der Waals surface area contributed by atoms with Crippen LogP contribution in [-0.2, 0) is 0 Å². The number of para-hydroxylation sites is 1. The molecule has 2 aromatic carbocycles. The summed E-state index contributed by atoms with van der Waals surface area (Å²) in [4.78, 5) is 4.24. The molecule has 0 fully saturated rings. The van der Waals surface area contributed by atoms with E-state index in [2.05, 4.69) is 15.4 Å². The first-order chi connectivity index (χ1) is 12.6. The average molecular weight is 377 g/mol. The lowest BCUT2D eigenvalue weighted by Crippen LogP contribution is -2.28. The van der Waals surface area contributed by atoms with E-state index in [-0.39, 0.29) is 17.8 Å². The lowest BCUT2D eigenvalue weighted by Gasteiger charge is -2.32. The third-order valence-electron chi connectivity index (χ3n) is 4.40. The van der Waals surface area contributed by atoms with Crippen molar-refractivity contribution in [1.29, 1.82) is 0 Å². The van der Waals surface area contributed by atoms with E-state index in [1.165, 1.54) is 6.33 Å². The van der Waals surface area contributed by atoms with Gasteiger partial charge in [0, 0.05) is 10.6 Å². The summed E-state index contributed by atoms with van der Waals surface area (Å²) in [5.74, 6) is 0.732. The van der Waals surface area contributed by atoms with Crippen LogP contribution in [0.25, 0.3) is 0 Å². The highest BCUT2D eigenvalue weighted by Crippen LogP contribution is 2.40. The Balaban J connectivity index is 1.71. The van der Waals surface area contributed by atoms with Crippen molar-refractivity contribution in [2.24, 2.45) is 0 Å². The summed E-state index contributed by atoms with van der Waals surface area (Å²) in [6.45, 7) is -2.88. The SMILES string of the molecule is FC(F)Oc1ccccc1[C@H]1C[C@@H](c2ccc(Cl)cc2)n2ncnc2N1. The number of halogens is 3. The van der Waals surface area contributed by atoms with Crippen molar-refractivity contribution < 1.29 is 13.5 Å². The summed E-state index contributed by atoms with van der Waals surface area (Å²) in [5.41, 5.74) is 1.67. The summed E-state index contributed by atoms with van der Waals surface area (Å²) < 4.78 is 32.0. The van der Waals surface area contributed by atoms with Gasteiger partial charge in [-0.05, 0) is 30.2 Å². The Labute approximate surface area is 153 Å². The van der Waals surface area contributed by atoms with Crippen LogP contribution in [0.4, 0.5) is 14.7 Å². The van der Waals surface area contributed by atoms with E-state index in [0.717, 1.165) is 5.56 Å². The molecule has 8 heteroatoms. The van der Waals surface area contributed by atoms with Crippen LogP contribution in [0.5, 0.6) is 5.75 Å². The Morgan fingerprint density at radius 3 is 2.69 bits per heavy atom. The Bertz CT molecular complexity index is 900. The Morgan fingerprint density at radius 2 is 1.92 bits per heavy atom. The first-order valence-electron chi connectivity index (χ1n) is 8.07. The van der Waals surface area contributed by atoms with Crippen LogP contribution in [0.3, 0.4) is 0 Å². The van der Waals surface area contributed by atoms with Gasteiger partial charge in [-0.1, -0.05) is 41.9 Å². The number of hydrogen-bond donors (Lipinski definition) is 1. The van der Waals surface area contributed by atoms with Gasteiger partial charge in [0.25, 0.3) is 0 Å². The summed E-state index contributed by atoms with van der Waals surface area (Å²) >= 11 is 5.99. The molecule has 5 nitrogen and oxygen atoms in total. The molecule has 26 heavy (non-hydrogen) atoms. The van der Waals surface area contributed by atoms with Gasteiger partial charge in [0.05, 0.1) is 12.1 Å². The van der Waals surface area contributed by atoms with Crippen LogP contribution in [-0.4, -0.2) is 21.4 Å². The number of ether oxygens (including phenoxy) is 1. The summed E-state index contributed by atoms with van der Waals surface area (Å²) in [6.07, 6.45) is 2.07. The topological polar surface area (TPSA) is 52.0 Å². The molecule has 1 aromatic heterocycles. The maximum absolute atomic E-state index is 12.8. The van der Waals surface area contributed by atoms with Crippen LogP contribution in [0, 0.1) is 0 Å².